The first-order chi connectivity index (χ1) is 9.00. The monoisotopic (exact) mass is 287 g/mol. The zero-order valence-electron chi connectivity index (χ0n) is 10.1. The van der Waals surface area contributed by atoms with Crippen LogP contribution in [-0.2, 0) is 4.74 Å². The van der Waals surface area contributed by atoms with E-state index in [2.05, 4.69) is 10.3 Å². The van der Waals surface area contributed by atoms with Gasteiger partial charge in [-0.25, -0.2) is 4.98 Å². The number of pyridine rings is 1. The van der Waals surface area contributed by atoms with E-state index in [1.165, 1.54) is 12.3 Å². The van der Waals surface area contributed by atoms with Gasteiger partial charge in [-0.2, -0.15) is 0 Å². The maximum Gasteiger partial charge on any atom is 0.312 e. The molecular weight excluding hydrogens is 274 g/mol. The van der Waals surface area contributed by atoms with Crippen molar-refractivity contribution >= 4 is 23.1 Å². The van der Waals surface area contributed by atoms with Crippen molar-refractivity contribution in [3.05, 3.63) is 27.4 Å². The molecule has 2 heterocycles. The standard InChI is InChI=1S/C11H14ClN3O4/c12-8-5-9(15(17)18)10(13-6-8)14-7-11(16)1-3-19-4-2-11/h5-6,16H,1-4,7H2,(H,13,14). The number of hydrogen-bond acceptors (Lipinski definition) is 6. The molecule has 1 aromatic rings. The molecule has 0 unspecified atom stereocenters. The van der Waals surface area contributed by atoms with Gasteiger partial charge < -0.3 is 15.2 Å². The van der Waals surface area contributed by atoms with E-state index in [0.717, 1.165) is 0 Å². The molecule has 104 valence electrons. The van der Waals surface area contributed by atoms with Crippen LogP contribution in [0.3, 0.4) is 0 Å². The molecule has 7 nitrogen and oxygen atoms in total. The van der Waals surface area contributed by atoms with E-state index < -0.39 is 10.5 Å². The Kier molecular flexibility index (Phi) is 4.18. The molecule has 1 aromatic heterocycles. The van der Waals surface area contributed by atoms with Gasteiger partial charge in [0.1, 0.15) is 0 Å². The molecule has 0 spiro atoms. The molecule has 0 bridgehead atoms. The lowest BCUT2D eigenvalue weighted by molar-refractivity contribution is -0.384. The summed E-state index contributed by atoms with van der Waals surface area (Å²) in [6, 6.07) is 1.23. The minimum absolute atomic E-state index is 0.106. The normalized spacial score (nSPS) is 18.0. The van der Waals surface area contributed by atoms with Gasteiger partial charge in [-0.1, -0.05) is 11.6 Å². The second-order valence-corrected chi connectivity index (χ2v) is 4.91. The molecule has 0 aliphatic carbocycles. The van der Waals surface area contributed by atoms with Crippen LogP contribution < -0.4 is 5.32 Å². The highest BCUT2D eigenvalue weighted by Crippen LogP contribution is 2.27. The fraction of sp³-hybridized carbons (Fsp3) is 0.545. The number of nitro groups is 1. The number of anilines is 1. The molecule has 0 aromatic carbocycles. The first-order valence-corrected chi connectivity index (χ1v) is 6.22. The van der Waals surface area contributed by atoms with Crippen molar-refractivity contribution < 1.29 is 14.8 Å². The van der Waals surface area contributed by atoms with Crippen LogP contribution in [0.15, 0.2) is 12.3 Å². The zero-order valence-corrected chi connectivity index (χ0v) is 10.9. The van der Waals surface area contributed by atoms with Crippen molar-refractivity contribution in [1.29, 1.82) is 0 Å². The minimum Gasteiger partial charge on any atom is -0.388 e. The summed E-state index contributed by atoms with van der Waals surface area (Å²) in [5.41, 5.74) is -1.13. The van der Waals surface area contributed by atoms with E-state index in [4.69, 9.17) is 16.3 Å². The van der Waals surface area contributed by atoms with Crippen LogP contribution in [0.4, 0.5) is 11.5 Å². The molecule has 0 atom stereocenters. The third kappa shape index (κ3) is 3.52. The smallest absolute Gasteiger partial charge is 0.312 e. The van der Waals surface area contributed by atoms with Gasteiger partial charge in [-0.05, 0) is 0 Å². The second kappa shape index (κ2) is 5.68. The Morgan fingerprint density at radius 3 is 2.89 bits per heavy atom. The van der Waals surface area contributed by atoms with Crippen molar-refractivity contribution in [3.8, 4) is 0 Å². The van der Waals surface area contributed by atoms with Crippen LogP contribution in [0.25, 0.3) is 0 Å². The Morgan fingerprint density at radius 1 is 1.58 bits per heavy atom. The third-order valence-corrected chi connectivity index (χ3v) is 3.25. The molecule has 2 N–H and O–H groups in total. The lowest BCUT2D eigenvalue weighted by Gasteiger charge is -2.32. The number of nitrogens with zero attached hydrogens (tertiary/aromatic N) is 2. The molecule has 19 heavy (non-hydrogen) atoms. The largest absolute Gasteiger partial charge is 0.388 e. The Balaban J connectivity index is 2.08. The van der Waals surface area contributed by atoms with Gasteiger partial charge in [-0.3, -0.25) is 10.1 Å². The van der Waals surface area contributed by atoms with E-state index in [9.17, 15) is 15.2 Å². The summed E-state index contributed by atoms with van der Waals surface area (Å²) in [5, 5.41) is 24.2. The summed E-state index contributed by atoms with van der Waals surface area (Å²) in [4.78, 5) is 14.2. The van der Waals surface area contributed by atoms with Crippen molar-refractivity contribution in [2.75, 3.05) is 25.1 Å². The Morgan fingerprint density at radius 2 is 2.26 bits per heavy atom. The third-order valence-electron chi connectivity index (χ3n) is 3.04. The summed E-state index contributed by atoms with van der Waals surface area (Å²) in [6.45, 7) is 1.15. The van der Waals surface area contributed by atoms with Gasteiger partial charge in [-0.15, -0.1) is 0 Å². The molecule has 8 heteroatoms. The molecule has 1 aliphatic heterocycles. The number of aromatic nitrogens is 1. The number of hydrogen-bond donors (Lipinski definition) is 2. The maximum absolute atomic E-state index is 10.9. The lowest BCUT2D eigenvalue weighted by atomic mass is 9.94. The van der Waals surface area contributed by atoms with Crippen LogP contribution >= 0.6 is 11.6 Å². The van der Waals surface area contributed by atoms with Crippen LogP contribution in [0.2, 0.25) is 5.02 Å². The zero-order chi connectivity index (χ0) is 13.9. The average Bonchev–Trinajstić information content (AvgIpc) is 2.38. The molecule has 0 radical (unpaired) electrons. The number of ether oxygens (including phenoxy) is 1. The molecule has 0 saturated carbocycles. The summed E-state index contributed by atoms with van der Waals surface area (Å²) in [7, 11) is 0. The average molecular weight is 288 g/mol. The summed E-state index contributed by atoms with van der Waals surface area (Å²) in [6.07, 6.45) is 2.30. The summed E-state index contributed by atoms with van der Waals surface area (Å²) in [5.74, 6) is 0.106. The highest BCUT2D eigenvalue weighted by molar-refractivity contribution is 6.30. The Labute approximate surface area is 114 Å². The molecule has 0 amide bonds. The summed E-state index contributed by atoms with van der Waals surface area (Å²) < 4.78 is 5.17. The fourth-order valence-electron chi connectivity index (χ4n) is 1.88. The number of halogens is 1. The van der Waals surface area contributed by atoms with Crippen molar-refractivity contribution in [3.63, 3.8) is 0 Å². The highest BCUT2D eigenvalue weighted by Gasteiger charge is 2.30. The number of rotatable bonds is 4. The second-order valence-electron chi connectivity index (χ2n) is 4.47. The van der Waals surface area contributed by atoms with Gasteiger partial charge in [0, 0.05) is 44.9 Å². The van der Waals surface area contributed by atoms with Crippen LogP contribution in [-0.4, -0.2) is 40.4 Å². The molecular formula is C11H14ClN3O4. The van der Waals surface area contributed by atoms with Gasteiger partial charge in [0.05, 0.1) is 15.5 Å². The van der Waals surface area contributed by atoms with Crippen LogP contribution in [0, 0.1) is 10.1 Å². The predicted molar refractivity (Wildman–Crippen MR) is 69.4 cm³/mol. The molecule has 1 saturated heterocycles. The number of aliphatic hydroxyl groups is 1. The van der Waals surface area contributed by atoms with Gasteiger partial charge >= 0.3 is 5.69 Å². The SMILES string of the molecule is O=[N+]([O-])c1cc(Cl)cnc1NCC1(O)CCOCC1. The van der Waals surface area contributed by atoms with Crippen molar-refractivity contribution in [2.45, 2.75) is 18.4 Å². The minimum atomic E-state index is -0.923. The first-order valence-electron chi connectivity index (χ1n) is 5.84. The first kappa shape index (κ1) is 14.0. The van der Waals surface area contributed by atoms with Crippen molar-refractivity contribution in [2.24, 2.45) is 0 Å². The van der Waals surface area contributed by atoms with Gasteiger partial charge in [0.15, 0.2) is 0 Å². The molecule has 1 fully saturated rings. The quantitative estimate of drug-likeness (QED) is 0.645. The Hall–Kier alpha value is -1.44. The van der Waals surface area contributed by atoms with Crippen LogP contribution in [0.5, 0.6) is 0 Å². The Bertz CT molecular complexity index is 477. The summed E-state index contributed by atoms with van der Waals surface area (Å²) >= 11 is 5.68. The highest BCUT2D eigenvalue weighted by atomic mass is 35.5. The van der Waals surface area contributed by atoms with E-state index in [-0.39, 0.29) is 23.1 Å². The van der Waals surface area contributed by atoms with Crippen LogP contribution in [0.1, 0.15) is 12.8 Å². The maximum atomic E-state index is 10.9. The van der Waals surface area contributed by atoms with Gasteiger partial charge in [0.2, 0.25) is 5.82 Å². The van der Waals surface area contributed by atoms with E-state index >= 15 is 0 Å². The number of nitrogens with one attached hydrogen (secondary N) is 1. The molecule has 1 aliphatic rings. The van der Waals surface area contributed by atoms with E-state index in [1.54, 1.807) is 0 Å². The van der Waals surface area contributed by atoms with Crippen molar-refractivity contribution in [1.82, 2.24) is 4.98 Å². The van der Waals surface area contributed by atoms with E-state index in [0.29, 0.717) is 26.1 Å². The van der Waals surface area contributed by atoms with Gasteiger partial charge in [0.25, 0.3) is 0 Å². The molecule has 2 rings (SSSR count). The lowest BCUT2D eigenvalue weighted by Crippen LogP contribution is -2.42. The topological polar surface area (TPSA) is 97.5 Å². The fourth-order valence-corrected chi connectivity index (χ4v) is 2.03. The predicted octanol–water partition coefficient (Wildman–Crippen LogP) is 1.60. The van der Waals surface area contributed by atoms with E-state index in [1.807, 2.05) is 0 Å².